The highest BCUT2D eigenvalue weighted by Gasteiger charge is 2.04. The van der Waals surface area contributed by atoms with Crippen molar-refractivity contribution in [3.8, 4) is 11.1 Å². The molecule has 0 unspecified atom stereocenters. The number of allylic oxidation sites excluding steroid dienone is 4. The van der Waals surface area contributed by atoms with Gasteiger partial charge in [0.15, 0.2) is 0 Å². The molecular formula is C18H17N3O. The molecule has 0 radical (unpaired) electrons. The molecule has 0 saturated carbocycles. The zero-order chi connectivity index (χ0) is 15.4. The lowest BCUT2D eigenvalue weighted by Crippen LogP contribution is -2.02. The van der Waals surface area contributed by atoms with E-state index in [9.17, 15) is 4.79 Å². The minimum absolute atomic E-state index is 0.101. The van der Waals surface area contributed by atoms with Crippen LogP contribution in [0.5, 0.6) is 0 Å². The normalized spacial score (nSPS) is 11.9. The molecule has 3 rings (SSSR count). The summed E-state index contributed by atoms with van der Waals surface area (Å²) in [5, 5.41) is 0. The number of hydrogen-bond acceptors (Lipinski definition) is 2. The third kappa shape index (κ3) is 2.91. The molecule has 4 heteroatoms. The lowest BCUT2D eigenvalue weighted by Gasteiger charge is -2.03. The van der Waals surface area contributed by atoms with Crippen LogP contribution in [-0.4, -0.2) is 14.4 Å². The number of aromatic amines is 1. The number of nitrogens with zero attached hydrogens (tertiary/aromatic N) is 2. The molecule has 4 nitrogen and oxygen atoms in total. The van der Waals surface area contributed by atoms with Crippen LogP contribution in [0.1, 0.15) is 12.6 Å². The van der Waals surface area contributed by atoms with Crippen molar-refractivity contribution in [2.45, 2.75) is 13.3 Å². The Balaban J connectivity index is 1.94. The Morgan fingerprint density at radius 3 is 2.91 bits per heavy atom. The highest BCUT2D eigenvalue weighted by atomic mass is 16.1. The summed E-state index contributed by atoms with van der Waals surface area (Å²) in [7, 11) is 0. The lowest BCUT2D eigenvalue weighted by molar-refractivity contribution is 1.05. The molecule has 110 valence electrons. The Hall–Kier alpha value is -2.88. The van der Waals surface area contributed by atoms with Crippen molar-refractivity contribution in [2.75, 3.05) is 0 Å². The summed E-state index contributed by atoms with van der Waals surface area (Å²) < 4.78 is 2.07. The van der Waals surface area contributed by atoms with Gasteiger partial charge in [-0.3, -0.25) is 4.79 Å². The van der Waals surface area contributed by atoms with E-state index >= 15 is 0 Å². The first kappa shape index (κ1) is 14.1. The van der Waals surface area contributed by atoms with Gasteiger partial charge in [-0.15, -0.1) is 0 Å². The predicted octanol–water partition coefficient (Wildman–Crippen LogP) is 3.36. The Kier molecular flexibility index (Phi) is 4.01. The molecule has 3 aromatic heterocycles. The smallest absolute Gasteiger partial charge is 0.248 e. The number of hydrogen-bond donors (Lipinski definition) is 1. The Morgan fingerprint density at radius 1 is 1.23 bits per heavy atom. The molecular weight excluding hydrogens is 274 g/mol. The highest BCUT2D eigenvalue weighted by Crippen LogP contribution is 2.19. The second-order valence-corrected chi connectivity index (χ2v) is 4.99. The lowest BCUT2D eigenvalue weighted by atomic mass is 10.1. The molecule has 0 aliphatic carbocycles. The van der Waals surface area contributed by atoms with E-state index in [-0.39, 0.29) is 5.56 Å². The molecule has 0 spiro atoms. The molecule has 1 N–H and O–H groups in total. The van der Waals surface area contributed by atoms with Gasteiger partial charge in [-0.25, -0.2) is 4.98 Å². The van der Waals surface area contributed by atoms with Gasteiger partial charge in [0.25, 0.3) is 0 Å². The second kappa shape index (κ2) is 6.26. The van der Waals surface area contributed by atoms with Crippen LogP contribution in [0.2, 0.25) is 0 Å². The van der Waals surface area contributed by atoms with E-state index in [1.165, 1.54) is 0 Å². The van der Waals surface area contributed by atoms with Crippen molar-refractivity contribution in [3.05, 3.63) is 83.2 Å². The molecule has 22 heavy (non-hydrogen) atoms. The second-order valence-electron chi connectivity index (χ2n) is 4.99. The molecule has 3 aromatic rings. The zero-order valence-corrected chi connectivity index (χ0v) is 12.4. The molecule has 0 aliphatic heterocycles. The van der Waals surface area contributed by atoms with Crippen LogP contribution in [0.25, 0.3) is 16.8 Å². The maximum atomic E-state index is 11.4. The molecule has 0 fully saturated rings. The average molecular weight is 291 g/mol. The van der Waals surface area contributed by atoms with Crippen molar-refractivity contribution in [3.63, 3.8) is 0 Å². The van der Waals surface area contributed by atoms with Crippen LogP contribution in [0.4, 0.5) is 0 Å². The summed E-state index contributed by atoms with van der Waals surface area (Å²) in [6.07, 6.45) is 14.5. The van der Waals surface area contributed by atoms with Gasteiger partial charge in [0.05, 0.1) is 0 Å². The van der Waals surface area contributed by atoms with E-state index < -0.39 is 0 Å². The van der Waals surface area contributed by atoms with Gasteiger partial charge in [-0.1, -0.05) is 24.3 Å². The van der Waals surface area contributed by atoms with Gasteiger partial charge in [-0.05, 0) is 36.2 Å². The number of fused-ring (bicyclic) bond motifs is 1. The largest absolute Gasteiger partial charge is 0.329 e. The van der Waals surface area contributed by atoms with E-state index in [2.05, 4.69) is 20.4 Å². The van der Waals surface area contributed by atoms with Crippen LogP contribution in [0.3, 0.4) is 0 Å². The summed E-state index contributed by atoms with van der Waals surface area (Å²) in [6, 6.07) is 7.48. The number of nitrogens with one attached hydrogen (secondary N) is 1. The SMILES string of the molecule is C/C=C\C=C/Cc1cnc2cc(-c3cc[nH]c(=O)c3)ccn12. The molecule has 3 heterocycles. The first-order valence-corrected chi connectivity index (χ1v) is 7.21. The topological polar surface area (TPSA) is 50.2 Å². The minimum Gasteiger partial charge on any atom is -0.329 e. The van der Waals surface area contributed by atoms with Gasteiger partial charge < -0.3 is 9.38 Å². The Morgan fingerprint density at radius 2 is 2.09 bits per heavy atom. The van der Waals surface area contributed by atoms with Crippen molar-refractivity contribution >= 4 is 5.65 Å². The van der Waals surface area contributed by atoms with Crippen LogP contribution >= 0.6 is 0 Å². The van der Waals surface area contributed by atoms with Crippen LogP contribution in [0, 0.1) is 0 Å². The van der Waals surface area contributed by atoms with E-state index in [0.717, 1.165) is 28.9 Å². The molecule has 0 aromatic carbocycles. The number of aromatic nitrogens is 3. The molecule has 0 aliphatic rings. The first-order valence-electron chi connectivity index (χ1n) is 7.21. The standard InChI is InChI=1S/C18H17N3O/c1-2-3-4-5-6-16-13-20-17-11-15(8-10-21(16)17)14-7-9-19-18(22)12-14/h2-5,7-13H,6H2,1H3,(H,19,22)/b3-2-,5-4-. The van der Waals surface area contributed by atoms with Crippen LogP contribution in [0.15, 0.2) is 72.0 Å². The third-order valence-corrected chi connectivity index (χ3v) is 3.46. The quantitative estimate of drug-likeness (QED) is 0.749. The summed E-state index contributed by atoms with van der Waals surface area (Å²) >= 11 is 0. The molecule has 0 amide bonds. The zero-order valence-electron chi connectivity index (χ0n) is 12.4. The number of imidazole rings is 1. The first-order chi connectivity index (χ1) is 10.8. The van der Waals surface area contributed by atoms with Gasteiger partial charge in [0.2, 0.25) is 5.56 Å². The van der Waals surface area contributed by atoms with Gasteiger partial charge in [0.1, 0.15) is 5.65 Å². The van der Waals surface area contributed by atoms with Crippen molar-refractivity contribution in [1.82, 2.24) is 14.4 Å². The molecule has 0 atom stereocenters. The number of pyridine rings is 2. The number of H-pyrrole nitrogens is 1. The minimum atomic E-state index is -0.101. The van der Waals surface area contributed by atoms with Gasteiger partial charge >= 0.3 is 0 Å². The van der Waals surface area contributed by atoms with E-state index in [0.29, 0.717) is 0 Å². The number of rotatable bonds is 4. The fourth-order valence-electron chi connectivity index (χ4n) is 2.37. The Bertz CT molecular complexity index is 900. The van der Waals surface area contributed by atoms with E-state index in [4.69, 9.17) is 0 Å². The molecule has 0 bridgehead atoms. The van der Waals surface area contributed by atoms with Crippen molar-refractivity contribution in [2.24, 2.45) is 0 Å². The van der Waals surface area contributed by atoms with Gasteiger partial charge in [0, 0.05) is 36.8 Å². The van der Waals surface area contributed by atoms with E-state index in [1.54, 1.807) is 12.3 Å². The third-order valence-electron chi connectivity index (χ3n) is 3.46. The molecule has 0 saturated heterocycles. The fourth-order valence-corrected chi connectivity index (χ4v) is 2.37. The summed E-state index contributed by atoms with van der Waals surface area (Å²) in [6.45, 7) is 1.99. The van der Waals surface area contributed by atoms with Crippen LogP contribution < -0.4 is 5.56 Å². The maximum Gasteiger partial charge on any atom is 0.248 e. The fraction of sp³-hybridized carbons (Fsp3) is 0.111. The maximum absolute atomic E-state index is 11.4. The summed E-state index contributed by atoms with van der Waals surface area (Å²) in [5.74, 6) is 0. The van der Waals surface area contributed by atoms with E-state index in [1.807, 2.05) is 55.7 Å². The van der Waals surface area contributed by atoms with Crippen molar-refractivity contribution < 1.29 is 0 Å². The summed E-state index contributed by atoms with van der Waals surface area (Å²) in [4.78, 5) is 18.5. The van der Waals surface area contributed by atoms with Gasteiger partial charge in [-0.2, -0.15) is 0 Å². The van der Waals surface area contributed by atoms with Crippen molar-refractivity contribution in [1.29, 1.82) is 0 Å². The van der Waals surface area contributed by atoms with Crippen LogP contribution in [-0.2, 0) is 6.42 Å². The Labute approximate surface area is 128 Å². The monoisotopic (exact) mass is 291 g/mol. The summed E-state index contributed by atoms with van der Waals surface area (Å²) in [5.41, 5.74) is 3.79. The predicted molar refractivity (Wildman–Crippen MR) is 88.9 cm³/mol. The average Bonchev–Trinajstić information content (AvgIpc) is 2.94. The highest BCUT2D eigenvalue weighted by molar-refractivity contribution is 5.67.